The van der Waals surface area contributed by atoms with Gasteiger partial charge in [-0.3, -0.25) is 0 Å². The zero-order valence-electron chi connectivity index (χ0n) is 16.1. The van der Waals surface area contributed by atoms with E-state index in [1.54, 1.807) is 0 Å². The maximum atomic E-state index is 6.23. The van der Waals surface area contributed by atoms with Crippen LogP contribution >= 0.6 is 0 Å². The highest BCUT2D eigenvalue weighted by molar-refractivity contribution is 5.90. The van der Waals surface area contributed by atoms with Gasteiger partial charge in [-0.2, -0.15) is 0 Å². The largest absolute Gasteiger partial charge is 0.457 e. The van der Waals surface area contributed by atoms with E-state index in [0.717, 1.165) is 34.4 Å². The number of fused-ring (bicyclic) bond motifs is 1. The van der Waals surface area contributed by atoms with Gasteiger partial charge in [0.1, 0.15) is 30.2 Å². The average Bonchev–Trinajstić information content (AvgIpc) is 3.16. The maximum Gasteiger partial charge on any atom is 0.164 e. The third-order valence-corrected chi connectivity index (χ3v) is 4.95. The van der Waals surface area contributed by atoms with Gasteiger partial charge in [0.05, 0.1) is 0 Å². The fourth-order valence-corrected chi connectivity index (χ4v) is 3.54. The first kappa shape index (κ1) is 17.8. The van der Waals surface area contributed by atoms with Crippen LogP contribution in [0.2, 0.25) is 0 Å². The molecule has 0 unspecified atom stereocenters. The first-order valence-corrected chi connectivity index (χ1v) is 9.53. The fourth-order valence-electron chi connectivity index (χ4n) is 3.54. The summed E-state index contributed by atoms with van der Waals surface area (Å²) in [5, 5.41) is 0. The summed E-state index contributed by atoms with van der Waals surface area (Å²) in [7, 11) is 0. The number of hydrogen-bond acceptors (Lipinski definition) is 7. The van der Waals surface area contributed by atoms with Crippen LogP contribution in [0.3, 0.4) is 0 Å². The molecule has 0 radical (unpaired) electrons. The van der Waals surface area contributed by atoms with Gasteiger partial charge in [-0.25, -0.2) is 9.97 Å². The standard InChI is InChI=1S/C23H20N6O/c24-16-5-4-6-18(13-16)29-15-28(21-22(25)26-14-27-23(21)29)17-9-11-20(12-10-17)30-19-7-2-1-3-8-19/h1-14H,15,24H2,(H2,25,26,27). The molecule has 0 bridgehead atoms. The maximum absolute atomic E-state index is 6.23. The summed E-state index contributed by atoms with van der Waals surface area (Å²) in [6.07, 6.45) is 1.48. The molecule has 0 saturated heterocycles. The molecule has 1 aliphatic rings. The van der Waals surface area contributed by atoms with Crippen molar-refractivity contribution in [2.75, 3.05) is 27.9 Å². The van der Waals surface area contributed by atoms with E-state index < -0.39 is 0 Å². The number of nitrogens with zero attached hydrogens (tertiary/aromatic N) is 4. The summed E-state index contributed by atoms with van der Waals surface area (Å²) in [6, 6.07) is 25.3. The second-order valence-corrected chi connectivity index (χ2v) is 6.93. The summed E-state index contributed by atoms with van der Waals surface area (Å²) < 4.78 is 5.90. The van der Waals surface area contributed by atoms with Crippen LogP contribution in [0.15, 0.2) is 85.2 Å². The predicted molar refractivity (Wildman–Crippen MR) is 119 cm³/mol. The second kappa shape index (κ2) is 7.29. The minimum Gasteiger partial charge on any atom is -0.457 e. The number of nitrogen functional groups attached to an aromatic ring is 2. The predicted octanol–water partition coefficient (Wildman–Crippen LogP) is 4.68. The Bertz CT molecular complexity index is 1180. The van der Waals surface area contributed by atoms with Crippen molar-refractivity contribution in [2.24, 2.45) is 0 Å². The minimum atomic E-state index is 0.427. The van der Waals surface area contributed by atoms with Crippen molar-refractivity contribution < 1.29 is 4.74 Å². The molecule has 0 spiro atoms. The van der Waals surface area contributed by atoms with Gasteiger partial charge in [0.15, 0.2) is 11.6 Å². The molecule has 5 rings (SSSR count). The van der Waals surface area contributed by atoms with E-state index in [9.17, 15) is 0 Å². The van der Waals surface area contributed by atoms with Crippen LogP contribution in [0.25, 0.3) is 0 Å². The van der Waals surface area contributed by atoms with Crippen LogP contribution in [-0.2, 0) is 0 Å². The van der Waals surface area contributed by atoms with Gasteiger partial charge in [-0.05, 0) is 54.6 Å². The van der Waals surface area contributed by atoms with E-state index in [1.807, 2.05) is 78.9 Å². The number of benzene rings is 3. The van der Waals surface area contributed by atoms with Gasteiger partial charge in [-0.15, -0.1) is 0 Å². The van der Waals surface area contributed by atoms with E-state index in [0.29, 0.717) is 18.2 Å². The molecule has 0 saturated carbocycles. The molecule has 0 aliphatic carbocycles. The highest BCUT2D eigenvalue weighted by Gasteiger charge is 2.32. The summed E-state index contributed by atoms with van der Waals surface area (Å²) in [5.74, 6) is 2.73. The molecule has 3 aromatic carbocycles. The second-order valence-electron chi connectivity index (χ2n) is 6.93. The van der Waals surface area contributed by atoms with E-state index >= 15 is 0 Å². The van der Waals surface area contributed by atoms with Gasteiger partial charge >= 0.3 is 0 Å². The molecular formula is C23H20N6O. The third kappa shape index (κ3) is 3.22. The van der Waals surface area contributed by atoms with Crippen molar-refractivity contribution in [3.8, 4) is 11.5 Å². The molecule has 2 heterocycles. The highest BCUT2D eigenvalue weighted by atomic mass is 16.5. The molecule has 7 nitrogen and oxygen atoms in total. The van der Waals surface area contributed by atoms with Crippen LogP contribution in [0.4, 0.5) is 34.4 Å². The Kier molecular flexibility index (Phi) is 4.33. The van der Waals surface area contributed by atoms with Crippen molar-refractivity contribution in [1.29, 1.82) is 0 Å². The normalized spacial score (nSPS) is 12.7. The Balaban J connectivity index is 1.47. The Morgan fingerprint density at radius 1 is 0.733 bits per heavy atom. The lowest BCUT2D eigenvalue weighted by Gasteiger charge is -2.22. The molecule has 1 aromatic heterocycles. The summed E-state index contributed by atoms with van der Waals surface area (Å²) in [5.41, 5.74) is 15.6. The Morgan fingerprint density at radius 3 is 2.27 bits per heavy atom. The SMILES string of the molecule is Nc1cccc(N2CN(c3ccc(Oc4ccccc4)cc3)c3c(N)ncnc32)c1. The molecule has 0 amide bonds. The van der Waals surface area contributed by atoms with E-state index in [-0.39, 0.29) is 0 Å². The van der Waals surface area contributed by atoms with Crippen LogP contribution in [0.5, 0.6) is 11.5 Å². The van der Waals surface area contributed by atoms with Crippen molar-refractivity contribution in [1.82, 2.24) is 9.97 Å². The van der Waals surface area contributed by atoms with Crippen LogP contribution in [0, 0.1) is 0 Å². The zero-order valence-corrected chi connectivity index (χ0v) is 16.1. The number of anilines is 6. The van der Waals surface area contributed by atoms with Crippen LogP contribution in [0.1, 0.15) is 0 Å². The molecule has 1 aliphatic heterocycles. The van der Waals surface area contributed by atoms with Crippen LogP contribution in [-0.4, -0.2) is 16.6 Å². The monoisotopic (exact) mass is 396 g/mol. The van der Waals surface area contributed by atoms with E-state index in [4.69, 9.17) is 16.2 Å². The quantitative estimate of drug-likeness (QED) is 0.484. The number of para-hydroxylation sites is 1. The molecule has 0 atom stereocenters. The molecule has 30 heavy (non-hydrogen) atoms. The van der Waals surface area contributed by atoms with E-state index in [2.05, 4.69) is 19.8 Å². The molecule has 0 fully saturated rings. The average molecular weight is 396 g/mol. The molecule has 7 heteroatoms. The number of aromatic nitrogens is 2. The Labute approximate surface area is 174 Å². The van der Waals surface area contributed by atoms with Gasteiger partial charge in [0.2, 0.25) is 0 Å². The lowest BCUT2D eigenvalue weighted by atomic mass is 10.2. The lowest BCUT2D eigenvalue weighted by Crippen LogP contribution is -2.24. The van der Waals surface area contributed by atoms with Gasteiger partial charge < -0.3 is 26.0 Å². The molecule has 148 valence electrons. The molecular weight excluding hydrogens is 376 g/mol. The van der Waals surface area contributed by atoms with Gasteiger partial charge in [0, 0.05) is 17.1 Å². The summed E-state index contributed by atoms with van der Waals surface area (Å²) in [4.78, 5) is 12.8. The van der Waals surface area contributed by atoms with Crippen molar-refractivity contribution in [3.63, 3.8) is 0 Å². The fraction of sp³-hybridized carbons (Fsp3) is 0.0435. The molecule has 4 N–H and O–H groups in total. The van der Waals surface area contributed by atoms with Crippen LogP contribution < -0.4 is 26.0 Å². The number of nitrogens with two attached hydrogens (primary N) is 2. The van der Waals surface area contributed by atoms with Crippen molar-refractivity contribution in [3.05, 3.63) is 85.2 Å². The smallest absolute Gasteiger partial charge is 0.164 e. The number of ether oxygens (including phenoxy) is 1. The Morgan fingerprint density at radius 2 is 1.50 bits per heavy atom. The zero-order chi connectivity index (χ0) is 20.5. The number of hydrogen-bond donors (Lipinski definition) is 2. The minimum absolute atomic E-state index is 0.427. The van der Waals surface area contributed by atoms with Gasteiger partial charge in [0.25, 0.3) is 0 Å². The third-order valence-electron chi connectivity index (χ3n) is 4.95. The first-order chi connectivity index (χ1) is 14.7. The summed E-state index contributed by atoms with van der Waals surface area (Å²) >= 11 is 0. The Hall–Kier alpha value is -4.26. The highest BCUT2D eigenvalue weighted by Crippen LogP contribution is 2.45. The van der Waals surface area contributed by atoms with E-state index in [1.165, 1.54) is 6.33 Å². The number of rotatable bonds is 4. The summed E-state index contributed by atoms with van der Waals surface area (Å²) in [6.45, 7) is 0.542. The first-order valence-electron chi connectivity index (χ1n) is 9.53. The van der Waals surface area contributed by atoms with Gasteiger partial charge in [-0.1, -0.05) is 24.3 Å². The lowest BCUT2D eigenvalue weighted by molar-refractivity contribution is 0.483. The molecule has 4 aromatic rings. The van der Waals surface area contributed by atoms with Crippen molar-refractivity contribution in [2.45, 2.75) is 0 Å². The topological polar surface area (TPSA) is 93.5 Å². The van der Waals surface area contributed by atoms with Crippen molar-refractivity contribution >= 4 is 34.4 Å².